The fraction of sp³-hybridized carbons (Fsp3) is 0.350. The summed E-state index contributed by atoms with van der Waals surface area (Å²) in [5.74, 6) is 2.12. The van der Waals surface area contributed by atoms with E-state index >= 15 is 0 Å². The minimum Gasteiger partial charge on any atom is -0.492 e. The standard InChI is InChI=1S/C20H23NO3/c1-15(2)13-16-7-9-17(10-8-16)23-12-11-21-14-24-19-6-4-3-5-18(19)20(21)22/h3-10,15H,11-14H2,1-2H3. The van der Waals surface area contributed by atoms with E-state index in [9.17, 15) is 4.79 Å². The molecule has 4 heteroatoms. The van der Waals surface area contributed by atoms with E-state index in [1.807, 2.05) is 30.3 Å². The minimum absolute atomic E-state index is 0.00673. The van der Waals surface area contributed by atoms with Crippen LogP contribution in [0.25, 0.3) is 0 Å². The molecule has 24 heavy (non-hydrogen) atoms. The third-order valence-electron chi connectivity index (χ3n) is 3.98. The summed E-state index contributed by atoms with van der Waals surface area (Å²) in [6.07, 6.45) is 1.07. The van der Waals surface area contributed by atoms with Crippen molar-refractivity contribution in [1.29, 1.82) is 0 Å². The monoisotopic (exact) mass is 325 g/mol. The number of carbonyl (C=O) groups is 1. The van der Waals surface area contributed by atoms with Crippen LogP contribution in [0.3, 0.4) is 0 Å². The summed E-state index contributed by atoms with van der Waals surface area (Å²) in [6, 6.07) is 15.5. The molecule has 1 aliphatic heterocycles. The topological polar surface area (TPSA) is 38.8 Å². The van der Waals surface area contributed by atoms with Crippen LogP contribution in [0.4, 0.5) is 0 Å². The van der Waals surface area contributed by atoms with Gasteiger partial charge in [0.05, 0.1) is 12.1 Å². The maximum Gasteiger partial charge on any atom is 0.260 e. The van der Waals surface area contributed by atoms with Crippen LogP contribution in [0.2, 0.25) is 0 Å². The van der Waals surface area contributed by atoms with E-state index in [2.05, 4.69) is 26.0 Å². The first kappa shape index (κ1) is 16.4. The van der Waals surface area contributed by atoms with Gasteiger partial charge < -0.3 is 14.4 Å². The van der Waals surface area contributed by atoms with Crippen LogP contribution in [0, 0.1) is 5.92 Å². The van der Waals surface area contributed by atoms with E-state index in [0.717, 1.165) is 12.2 Å². The van der Waals surface area contributed by atoms with Gasteiger partial charge in [0, 0.05) is 0 Å². The number of hydrogen-bond acceptors (Lipinski definition) is 3. The Balaban J connectivity index is 1.51. The summed E-state index contributed by atoms with van der Waals surface area (Å²) in [6.45, 7) is 5.63. The Morgan fingerprint density at radius 2 is 1.88 bits per heavy atom. The van der Waals surface area contributed by atoms with Gasteiger partial charge in [-0.05, 0) is 42.2 Å². The van der Waals surface area contributed by atoms with Gasteiger partial charge in [0.25, 0.3) is 5.91 Å². The van der Waals surface area contributed by atoms with Crippen LogP contribution >= 0.6 is 0 Å². The highest BCUT2D eigenvalue weighted by molar-refractivity contribution is 5.97. The smallest absolute Gasteiger partial charge is 0.260 e. The number of benzene rings is 2. The van der Waals surface area contributed by atoms with Crippen molar-refractivity contribution in [3.63, 3.8) is 0 Å². The van der Waals surface area contributed by atoms with E-state index in [0.29, 0.717) is 30.4 Å². The third kappa shape index (κ3) is 3.88. The SMILES string of the molecule is CC(C)Cc1ccc(OCCN2COc3ccccc3C2=O)cc1. The molecule has 0 radical (unpaired) electrons. The molecule has 2 aromatic rings. The molecule has 0 spiro atoms. The summed E-state index contributed by atoms with van der Waals surface area (Å²) in [4.78, 5) is 14.1. The van der Waals surface area contributed by atoms with Crippen molar-refractivity contribution in [3.05, 3.63) is 59.7 Å². The maximum atomic E-state index is 12.4. The molecule has 0 aliphatic carbocycles. The van der Waals surface area contributed by atoms with E-state index in [1.54, 1.807) is 11.0 Å². The molecule has 0 saturated carbocycles. The van der Waals surface area contributed by atoms with Crippen LogP contribution in [-0.4, -0.2) is 30.7 Å². The Labute approximate surface area is 143 Å². The second kappa shape index (κ2) is 7.39. The van der Waals surface area contributed by atoms with Crippen LogP contribution in [0.1, 0.15) is 29.8 Å². The van der Waals surface area contributed by atoms with Crippen LogP contribution in [0.15, 0.2) is 48.5 Å². The molecule has 1 aliphatic rings. The van der Waals surface area contributed by atoms with Gasteiger partial charge in [-0.3, -0.25) is 4.79 Å². The van der Waals surface area contributed by atoms with E-state index in [4.69, 9.17) is 9.47 Å². The molecule has 0 bridgehead atoms. The summed E-state index contributed by atoms with van der Waals surface area (Å²) in [7, 11) is 0. The number of nitrogens with zero attached hydrogens (tertiary/aromatic N) is 1. The normalized spacial score (nSPS) is 13.6. The second-order valence-electron chi connectivity index (χ2n) is 6.43. The third-order valence-corrected chi connectivity index (χ3v) is 3.98. The van der Waals surface area contributed by atoms with E-state index < -0.39 is 0 Å². The predicted octanol–water partition coefficient (Wildman–Crippen LogP) is 3.76. The van der Waals surface area contributed by atoms with Crippen LogP contribution in [0.5, 0.6) is 11.5 Å². The summed E-state index contributed by atoms with van der Waals surface area (Å²) < 4.78 is 11.4. The van der Waals surface area contributed by atoms with Gasteiger partial charge in [0.2, 0.25) is 0 Å². The molecule has 2 aromatic carbocycles. The highest BCUT2D eigenvalue weighted by Crippen LogP contribution is 2.24. The zero-order valence-electron chi connectivity index (χ0n) is 14.2. The molecule has 0 atom stereocenters. The Hall–Kier alpha value is -2.49. The molecular weight excluding hydrogens is 302 g/mol. The lowest BCUT2D eigenvalue weighted by atomic mass is 10.0. The van der Waals surface area contributed by atoms with Gasteiger partial charge in [0.1, 0.15) is 18.1 Å². The summed E-state index contributed by atoms with van der Waals surface area (Å²) in [5.41, 5.74) is 1.93. The van der Waals surface area contributed by atoms with Gasteiger partial charge in [0.15, 0.2) is 6.73 Å². The van der Waals surface area contributed by atoms with Gasteiger partial charge >= 0.3 is 0 Å². The van der Waals surface area contributed by atoms with Crippen molar-refractivity contribution in [3.8, 4) is 11.5 Å². The quantitative estimate of drug-likeness (QED) is 0.812. The van der Waals surface area contributed by atoms with Gasteiger partial charge in [-0.25, -0.2) is 0 Å². The van der Waals surface area contributed by atoms with Crippen molar-refractivity contribution in [1.82, 2.24) is 4.90 Å². The first-order chi connectivity index (χ1) is 11.6. The molecule has 1 amide bonds. The number of carbonyl (C=O) groups excluding carboxylic acids is 1. The number of fused-ring (bicyclic) bond motifs is 1. The highest BCUT2D eigenvalue weighted by atomic mass is 16.5. The molecule has 0 aromatic heterocycles. The first-order valence-corrected chi connectivity index (χ1v) is 8.36. The summed E-state index contributed by atoms with van der Waals surface area (Å²) in [5, 5.41) is 0. The van der Waals surface area contributed by atoms with Crippen molar-refractivity contribution in [2.45, 2.75) is 20.3 Å². The average molecular weight is 325 g/mol. The Morgan fingerprint density at radius 3 is 2.62 bits per heavy atom. The minimum atomic E-state index is -0.00673. The number of hydrogen-bond donors (Lipinski definition) is 0. The molecule has 0 N–H and O–H groups in total. The van der Waals surface area contributed by atoms with Crippen LogP contribution in [-0.2, 0) is 6.42 Å². The van der Waals surface area contributed by atoms with Crippen molar-refractivity contribution in [2.75, 3.05) is 19.9 Å². The summed E-state index contributed by atoms with van der Waals surface area (Å²) >= 11 is 0. The first-order valence-electron chi connectivity index (χ1n) is 8.36. The van der Waals surface area contributed by atoms with Crippen molar-refractivity contribution >= 4 is 5.91 Å². The molecule has 126 valence electrons. The predicted molar refractivity (Wildman–Crippen MR) is 93.5 cm³/mol. The average Bonchev–Trinajstić information content (AvgIpc) is 2.58. The van der Waals surface area contributed by atoms with Crippen molar-refractivity contribution in [2.24, 2.45) is 5.92 Å². The number of ether oxygens (including phenoxy) is 2. The zero-order chi connectivity index (χ0) is 16.9. The molecule has 0 unspecified atom stereocenters. The van der Waals surface area contributed by atoms with Gasteiger partial charge in [-0.15, -0.1) is 0 Å². The molecular formula is C20H23NO3. The number of rotatable bonds is 6. The molecule has 0 saturated heterocycles. The highest BCUT2D eigenvalue weighted by Gasteiger charge is 2.24. The Kier molecular flexibility index (Phi) is 5.04. The lowest BCUT2D eigenvalue weighted by Gasteiger charge is -2.28. The number of para-hydroxylation sites is 1. The number of amides is 1. The van der Waals surface area contributed by atoms with Crippen LogP contribution < -0.4 is 9.47 Å². The van der Waals surface area contributed by atoms with E-state index in [1.165, 1.54) is 5.56 Å². The molecule has 4 nitrogen and oxygen atoms in total. The lowest BCUT2D eigenvalue weighted by Crippen LogP contribution is -2.40. The van der Waals surface area contributed by atoms with E-state index in [-0.39, 0.29) is 12.6 Å². The van der Waals surface area contributed by atoms with Crippen molar-refractivity contribution < 1.29 is 14.3 Å². The maximum absolute atomic E-state index is 12.4. The second-order valence-corrected chi connectivity index (χ2v) is 6.43. The fourth-order valence-corrected chi connectivity index (χ4v) is 2.78. The lowest BCUT2D eigenvalue weighted by molar-refractivity contribution is 0.0482. The molecule has 3 rings (SSSR count). The van der Waals surface area contributed by atoms with Gasteiger partial charge in [-0.1, -0.05) is 38.1 Å². The Bertz CT molecular complexity index is 694. The molecule has 0 fully saturated rings. The zero-order valence-corrected chi connectivity index (χ0v) is 14.2. The fourth-order valence-electron chi connectivity index (χ4n) is 2.78. The Morgan fingerprint density at radius 1 is 1.12 bits per heavy atom. The molecule has 1 heterocycles. The van der Waals surface area contributed by atoms with Gasteiger partial charge in [-0.2, -0.15) is 0 Å². The largest absolute Gasteiger partial charge is 0.492 e.